The number of nitrogens with one attached hydrogen (secondary N) is 2. The summed E-state index contributed by atoms with van der Waals surface area (Å²) in [4.78, 5) is 14.3. The van der Waals surface area contributed by atoms with Crippen molar-refractivity contribution in [3.05, 3.63) is 72.1 Å². The van der Waals surface area contributed by atoms with Crippen molar-refractivity contribution in [1.82, 2.24) is 15.5 Å². The maximum atomic E-state index is 12.5. The Morgan fingerprint density at radius 2 is 1.94 bits per heavy atom. The molecular weight excluding hydrogens is 398 g/mol. The van der Waals surface area contributed by atoms with Gasteiger partial charge in [0.25, 0.3) is 0 Å². The number of carbonyl (C=O) groups is 1. The fraction of sp³-hybridized carbons (Fsp3) is 0.519. The van der Waals surface area contributed by atoms with Gasteiger partial charge in [0.1, 0.15) is 5.76 Å². The summed E-state index contributed by atoms with van der Waals surface area (Å²) in [7, 11) is 3.58. The number of likely N-dealkylation sites (tertiary alicyclic amines) is 1. The van der Waals surface area contributed by atoms with Crippen LogP contribution in [-0.2, 0) is 9.53 Å². The topological polar surface area (TPSA) is 53.6 Å². The van der Waals surface area contributed by atoms with Crippen molar-refractivity contribution in [3.8, 4) is 0 Å². The third-order valence-corrected chi connectivity index (χ3v) is 6.82. The highest BCUT2D eigenvalue weighted by Gasteiger charge is 2.37. The number of amides is 1. The van der Waals surface area contributed by atoms with Crippen LogP contribution >= 0.6 is 0 Å². The highest BCUT2D eigenvalue weighted by Crippen LogP contribution is 2.33. The largest absolute Gasteiger partial charge is 0.496 e. The molecule has 0 bridgehead atoms. The number of ether oxygens (including phenoxy) is 1. The number of allylic oxidation sites excluding steroid dienone is 6. The van der Waals surface area contributed by atoms with Crippen molar-refractivity contribution in [1.29, 1.82) is 0 Å². The Balaban J connectivity index is 2.15. The number of likely N-dealkylation sites (N-methyl/N-ethyl adjacent to an activating group) is 1. The normalized spacial score (nSPS) is 31.3. The molecule has 1 unspecified atom stereocenters. The van der Waals surface area contributed by atoms with E-state index < -0.39 is 0 Å². The van der Waals surface area contributed by atoms with Gasteiger partial charge in [-0.15, -0.1) is 0 Å². The van der Waals surface area contributed by atoms with Gasteiger partial charge in [-0.25, -0.2) is 0 Å². The van der Waals surface area contributed by atoms with Crippen LogP contribution in [0.15, 0.2) is 72.1 Å². The molecular formula is C27H41N3O2. The van der Waals surface area contributed by atoms with Crippen LogP contribution < -0.4 is 10.6 Å². The van der Waals surface area contributed by atoms with Crippen molar-refractivity contribution in [2.45, 2.75) is 52.2 Å². The second-order valence-electron chi connectivity index (χ2n) is 8.70. The highest BCUT2D eigenvalue weighted by atomic mass is 16.5. The molecule has 176 valence electrons. The first-order valence-corrected chi connectivity index (χ1v) is 11.7. The number of carbonyl (C=O) groups excluding carboxylic acids is 1. The van der Waals surface area contributed by atoms with Gasteiger partial charge in [-0.1, -0.05) is 63.0 Å². The third kappa shape index (κ3) is 6.33. The predicted molar refractivity (Wildman–Crippen MR) is 134 cm³/mol. The molecule has 0 aromatic heterocycles. The number of hydrogen-bond acceptors (Lipinski definition) is 4. The number of hydrogen-bond donors (Lipinski definition) is 2. The van der Waals surface area contributed by atoms with E-state index in [1.54, 1.807) is 7.11 Å². The van der Waals surface area contributed by atoms with Crippen LogP contribution in [0.5, 0.6) is 0 Å². The van der Waals surface area contributed by atoms with Gasteiger partial charge in [-0.3, -0.25) is 4.79 Å². The number of rotatable bonds is 9. The Hall–Kier alpha value is -2.37. The minimum atomic E-state index is -0.0372. The molecule has 2 heterocycles. The van der Waals surface area contributed by atoms with Gasteiger partial charge in [0.05, 0.1) is 13.2 Å². The molecule has 5 nitrogen and oxygen atoms in total. The Morgan fingerprint density at radius 1 is 1.22 bits per heavy atom. The summed E-state index contributed by atoms with van der Waals surface area (Å²) in [6.45, 7) is 13.9. The molecule has 2 aliphatic heterocycles. The Labute approximate surface area is 194 Å². The van der Waals surface area contributed by atoms with Crippen molar-refractivity contribution >= 4 is 5.91 Å². The lowest BCUT2D eigenvalue weighted by Gasteiger charge is -2.40. The number of methoxy groups -OCH3 is 1. The molecule has 2 rings (SSSR count). The minimum Gasteiger partial charge on any atom is -0.496 e. The van der Waals surface area contributed by atoms with E-state index >= 15 is 0 Å². The predicted octanol–water partition coefficient (Wildman–Crippen LogP) is 4.14. The first kappa shape index (κ1) is 25.9. The van der Waals surface area contributed by atoms with E-state index in [-0.39, 0.29) is 23.8 Å². The van der Waals surface area contributed by atoms with Gasteiger partial charge in [-0.2, -0.15) is 0 Å². The zero-order valence-electron chi connectivity index (χ0n) is 20.6. The summed E-state index contributed by atoms with van der Waals surface area (Å²) >= 11 is 0. The molecule has 0 saturated carbocycles. The molecule has 0 aromatic rings. The maximum Gasteiger partial charge on any atom is 0.226 e. The fourth-order valence-electron chi connectivity index (χ4n) is 4.39. The summed E-state index contributed by atoms with van der Waals surface area (Å²) in [6, 6.07) is 0.681. The first-order chi connectivity index (χ1) is 15.3. The summed E-state index contributed by atoms with van der Waals surface area (Å²) < 4.78 is 5.79. The summed E-state index contributed by atoms with van der Waals surface area (Å²) in [5.74, 6) is 1.14. The maximum absolute atomic E-state index is 12.5. The first-order valence-electron chi connectivity index (χ1n) is 11.7. The lowest BCUT2D eigenvalue weighted by Crippen LogP contribution is -2.48. The van der Waals surface area contributed by atoms with E-state index in [1.165, 1.54) is 5.57 Å². The molecule has 2 aliphatic rings. The Bertz CT molecular complexity index is 786. The zero-order valence-corrected chi connectivity index (χ0v) is 20.6. The Kier molecular flexibility index (Phi) is 10.2. The van der Waals surface area contributed by atoms with Gasteiger partial charge in [0, 0.05) is 37.2 Å². The van der Waals surface area contributed by atoms with Crippen LogP contribution in [0.1, 0.15) is 34.1 Å². The molecule has 5 heteroatoms. The van der Waals surface area contributed by atoms with Crippen LogP contribution in [-0.4, -0.2) is 56.2 Å². The lowest BCUT2D eigenvalue weighted by molar-refractivity contribution is -0.138. The van der Waals surface area contributed by atoms with E-state index in [0.717, 1.165) is 24.3 Å². The van der Waals surface area contributed by atoms with Crippen LogP contribution in [0.25, 0.3) is 0 Å². The fourth-order valence-corrected chi connectivity index (χ4v) is 4.39. The van der Waals surface area contributed by atoms with Gasteiger partial charge in [0.15, 0.2) is 0 Å². The number of nitrogens with zero attached hydrogens (tertiary/aromatic N) is 1. The van der Waals surface area contributed by atoms with Crippen LogP contribution in [0, 0.1) is 11.8 Å². The molecule has 0 spiro atoms. The number of piperidine rings is 1. The SMILES string of the molecule is C=C/C(CN[C@H]1CCN[C@H]1/C=C/C=C\C=C/C)=C(\C=C1/C(C)N(C)C(=O)[C@H](C)[C@@H]1C)OC. The van der Waals surface area contributed by atoms with Crippen molar-refractivity contribution in [2.24, 2.45) is 11.8 Å². The van der Waals surface area contributed by atoms with Gasteiger partial charge >= 0.3 is 0 Å². The van der Waals surface area contributed by atoms with E-state index in [2.05, 4.69) is 55.4 Å². The van der Waals surface area contributed by atoms with E-state index in [9.17, 15) is 4.79 Å². The monoisotopic (exact) mass is 439 g/mol. The summed E-state index contributed by atoms with van der Waals surface area (Å²) in [5.41, 5.74) is 2.24. The molecule has 2 fully saturated rings. The molecule has 1 amide bonds. The van der Waals surface area contributed by atoms with E-state index in [0.29, 0.717) is 18.6 Å². The lowest BCUT2D eigenvalue weighted by atomic mass is 9.79. The standard InChI is InChI=1S/C27H41N3O2/c1-8-10-11-12-13-14-24-25(15-16-28-24)29-18-22(9-2)26(32-7)17-23-19(3)20(4)27(31)30(6)21(23)5/h8-14,17,19-21,24-25,28-29H,2,15-16,18H2,1,3-7H3/b10-8-,12-11-,14-13+,23-17-,26-22-/t19-,20+,21?,24-,25-/m0/s1. The molecule has 5 atom stereocenters. The third-order valence-electron chi connectivity index (χ3n) is 6.82. The second-order valence-corrected chi connectivity index (χ2v) is 8.70. The van der Waals surface area contributed by atoms with Gasteiger partial charge in [0.2, 0.25) is 5.91 Å². The van der Waals surface area contributed by atoms with E-state index in [4.69, 9.17) is 4.74 Å². The molecule has 0 radical (unpaired) electrons. The average molecular weight is 440 g/mol. The van der Waals surface area contributed by atoms with Crippen molar-refractivity contribution in [3.63, 3.8) is 0 Å². The zero-order chi connectivity index (χ0) is 23.7. The van der Waals surface area contributed by atoms with Gasteiger partial charge < -0.3 is 20.3 Å². The Morgan fingerprint density at radius 3 is 2.59 bits per heavy atom. The molecule has 0 aliphatic carbocycles. The van der Waals surface area contributed by atoms with Gasteiger partial charge in [-0.05, 0) is 44.4 Å². The summed E-state index contributed by atoms with van der Waals surface area (Å²) in [6.07, 6.45) is 17.5. The van der Waals surface area contributed by atoms with Crippen molar-refractivity contribution in [2.75, 3.05) is 27.2 Å². The van der Waals surface area contributed by atoms with Crippen molar-refractivity contribution < 1.29 is 9.53 Å². The molecule has 2 saturated heterocycles. The van der Waals surface area contributed by atoms with Crippen LogP contribution in [0.2, 0.25) is 0 Å². The molecule has 2 N–H and O–H groups in total. The van der Waals surface area contributed by atoms with Crippen LogP contribution in [0.3, 0.4) is 0 Å². The van der Waals surface area contributed by atoms with E-state index in [1.807, 2.05) is 50.1 Å². The minimum absolute atomic E-state index is 0.0372. The quantitative estimate of drug-likeness (QED) is 0.419. The highest BCUT2D eigenvalue weighted by molar-refractivity contribution is 5.81. The smallest absolute Gasteiger partial charge is 0.226 e. The molecule has 0 aromatic carbocycles. The average Bonchev–Trinajstić information content (AvgIpc) is 3.25. The summed E-state index contributed by atoms with van der Waals surface area (Å²) in [5, 5.41) is 7.23. The molecule has 32 heavy (non-hydrogen) atoms. The second kappa shape index (κ2) is 12.6. The van der Waals surface area contributed by atoms with Crippen LogP contribution in [0.4, 0.5) is 0 Å².